The summed E-state index contributed by atoms with van der Waals surface area (Å²) < 4.78 is 0. The molecule has 1 atom stereocenters. The molecule has 0 radical (unpaired) electrons. The standard InChI is InChI=1S/C13H17N3OS/c1-18-11-4-2-9(3-5-11)12-8-16(13(17)15-12)10-6-14-7-10/h2-5,10,12,14H,6-8H2,1H3,(H,15,17). The minimum atomic E-state index is 0.0699. The van der Waals surface area contributed by atoms with E-state index in [-0.39, 0.29) is 12.1 Å². The molecule has 2 N–H and O–H groups in total. The normalized spacial score (nSPS) is 23.9. The van der Waals surface area contributed by atoms with Gasteiger partial charge in [-0.15, -0.1) is 11.8 Å². The van der Waals surface area contributed by atoms with E-state index < -0.39 is 0 Å². The molecule has 2 amide bonds. The third-order valence-electron chi connectivity index (χ3n) is 3.66. The van der Waals surface area contributed by atoms with Gasteiger partial charge in [0.25, 0.3) is 0 Å². The molecule has 3 rings (SSSR count). The van der Waals surface area contributed by atoms with Crippen molar-refractivity contribution in [2.45, 2.75) is 17.0 Å². The van der Waals surface area contributed by atoms with Crippen molar-refractivity contribution in [3.8, 4) is 0 Å². The molecule has 96 valence electrons. The van der Waals surface area contributed by atoms with E-state index in [0.717, 1.165) is 19.6 Å². The summed E-state index contributed by atoms with van der Waals surface area (Å²) in [6.07, 6.45) is 2.07. The van der Waals surface area contributed by atoms with Gasteiger partial charge >= 0.3 is 6.03 Å². The highest BCUT2D eigenvalue weighted by Crippen LogP contribution is 2.24. The molecule has 1 aromatic carbocycles. The summed E-state index contributed by atoms with van der Waals surface area (Å²) in [4.78, 5) is 15.1. The minimum Gasteiger partial charge on any atom is -0.329 e. The molecule has 2 saturated heterocycles. The number of nitrogens with zero attached hydrogens (tertiary/aromatic N) is 1. The van der Waals surface area contributed by atoms with Gasteiger partial charge in [-0.05, 0) is 24.0 Å². The van der Waals surface area contributed by atoms with Crippen LogP contribution in [0.25, 0.3) is 0 Å². The second kappa shape index (κ2) is 4.82. The lowest BCUT2D eigenvalue weighted by atomic mass is 10.1. The number of nitrogens with one attached hydrogen (secondary N) is 2. The topological polar surface area (TPSA) is 44.4 Å². The first-order valence-electron chi connectivity index (χ1n) is 6.20. The maximum absolute atomic E-state index is 11.9. The van der Waals surface area contributed by atoms with E-state index in [0.29, 0.717) is 6.04 Å². The Labute approximate surface area is 111 Å². The van der Waals surface area contributed by atoms with Crippen molar-refractivity contribution >= 4 is 17.8 Å². The minimum absolute atomic E-state index is 0.0699. The third kappa shape index (κ3) is 2.08. The number of hydrogen-bond donors (Lipinski definition) is 2. The largest absolute Gasteiger partial charge is 0.329 e. The number of benzene rings is 1. The average Bonchev–Trinajstić information content (AvgIpc) is 2.70. The predicted molar refractivity (Wildman–Crippen MR) is 72.9 cm³/mol. The van der Waals surface area contributed by atoms with Crippen molar-refractivity contribution in [1.82, 2.24) is 15.5 Å². The van der Waals surface area contributed by atoms with Crippen LogP contribution in [0.2, 0.25) is 0 Å². The summed E-state index contributed by atoms with van der Waals surface area (Å²) in [6.45, 7) is 2.63. The van der Waals surface area contributed by atoms with Crippen molar-refractivity contribution < 1.29 is 4.79 Å². The van der Waals surface area contributed by atoms with Gasteiger partial charge in [0, 0.05) is 24.5 Å². The molecule has 0 aliphatic carbocycles. The van der Waals surface area contributed by atoms with Gasteiger partial charge in [0.05, 0.1) is 12.1 Å². The molecule has 2 heterocycles. The molecule has 2 aliphatic heterocycles. The predicted octanol–water partition coefficient (Wildman–Crippen LogP) is 1.45. The zero-order valence-corrected chi connectivity index (χ0v) is 11.2. The quantitative estimate of drug-likeness (QED) is 0.811. The first-order chi connectivity index (χ1) is 8.78. The third-order valence-corrected chi connectivity index (χ3v) is 4.40. The Morgan fingerprint density at radius 2 is 2.00 bits per heavy atom. The van der Waals surface area contributed by atoms with E-state index in [4.69, 9.17) is 0 Å². The maximum atomic E-state index is 11.9. The van der Waals surface area contributed by atoms with Crippen LogP contribution in [0.3, 0.4) is 0 Å². The van der Waals surface area contributed by atoms with Crippen molar-refractivity contribution in [3.05, 3.63) is 29.8 Å². The zero-order valence-electron chi connectivity index (χ0n) is 10.3. The van der Waals surface area contributed by atoms with E-state index in [1.165, 1.54) is 10.5 Å². The summed E-state index contributed by atoms with van der Waals surface area (Å²) in [5.41, 5.74) is 1.19. The van der Waals surface area contributed by atoms with Crippen molar-refractivity contribution in [1.29, 1.82) is 0 Å². The lowest BCUT2D eigenvalue weighted by molar-refractivity contribution is 0.172. The van der Waals surface area contributed by atoms with Crippen LogP contribution in [-0.2, 0) is 0 Å². The Kier molecular flexibility index (Phi) is 3.18. The molecular weight excluding hydrogens is 246 g/mol. The molecule has 1 aromatic rings. The van der Waals surface area contributed by atoms with Crippen LogP contribution >= 0.6 is 11.8 Å². The van der Waals surface area contributed by atoms with Crippen LogP contribution in [0.4, 0.5) is 4.79 Å². The Morgan fingerprint density at radius 3 is 2.56 bits per heavy atom. The van der Waals surface area contributed by atoms with Crippen LogP contribution in [0.15, 0.2) is 29.2 Å². The highest BCUT2D eigenvalue weighted by Gasteiger charge is 2.36. The first kappa shape index (κ1) is 11.9. The van der Waals surface area contributed by atoms with Gasteiger partial charge in [0.15, 0.2) is 0 Å². The van der Waals surface area contributed by atoms with E-state index in [2.05, 4.69) is 41.2 Å². The lowest BCUT2D eigenvalue weighted by Gasteiger charge is -2.34. The second-order valence-electron chi connectivity index (χ2n) is 4.74. The summed E-state index contributed by atoms with van der Waals surface area (Å²) >= 11 is 1.73. The van der Waals surface area contributed by atoms with E-state index in [9.17, 15) is 4.79 Å². The average molecular weight is 263 g/mol. The summed E-state index contributed by atoms with van der Waals surface area (Å²) in [5, 5.41) is 6.26. The van der Waals surface area contributed by atoms with Crippen LogP contribution < -0.4 is 10.6 Å². The molecule has 2 aliphatic rings. The molecule has 18 heavy (non-hydrogen) atoms. The summed E-state index contributed by atoms with van der Waals surface area (Å²) in [7, 11) is 0. The monoisotopic (exact) mass is 263 g/mol. The molecule has 2 fully saturated rings. The van der Waals surface area contributed by atoms with Crippen molar-refractivity contribution in [3.63, 3.8) is 0 Å². The van der Waals surface area contributed by atoms with Gasteiger partial charge in [0.1, 0.15) is 0 Å². The van der Waals surface area contributed by atoms with Crippen molar-refractivity contribution in [2.75, 3.05) is 25.9 Å². The number of urea groups is 1. The van der Waals surface area contributed by atoms with Gasteiger partial charge in [-0.2, -0.15) is 0 Å². The second-order valence-corrected chi connectivity index (χ2v) is 5.62. The highest BCUT2D eigenvalue weighted by atomic mass is 32.2. The van der Waals surface area contributed by atoms with Crippen LogP contribution in [0, 0.1) is 0 Å². The summed E-state index contributed by atoms with van der Waals surface area (Å²) in [6, 6.07) is 9.02. The van der Waals surface area contributed by atoms with Crippen molar-refractivity contribution in [2.24, 2.45) is 0 Å². The fraction of sp³-hybridized carbons (Fsp3) is 0.462. The Hall–Kier alpha value is -1.20. The zero-order chi connectivity index (χ0) is 12.5. The molecule has 4 nitrogen and oxygen atoms in total. The SMILES string of the molecule is CSc1ccc(C2CN(C3CNC3)C(=O)N2)cc1. The molecule has 0 bridgehead atoms. The van der Waals surface area contributed by atoms with Crippen LogP contribution in [0.5, 0.6) is 0 Å². The maximum Gasteiger partial charge on any atom is 0.318 e. The summed E-state index contributed by atoms with van der Waals surface area (Å²) in [5.74, 6) is 0. The first-order valence-corrected chi connectivity index (χ1v) is 7.42. The van der Waals surface area contributed by atoms with E-state index in [1.54, 1.807) is 11.8 Å². The molecule has 0 aromatic heterocycles. The van der Waals surface area contributed by atoms with Crippen LogP contribution in [-0.4, -0.2) is 42.9 Å². The Bertz CT molecular complexity index is 444. The van der Waals surface area contributed by atoms with Gasteiger partial charge < -0.3 is 15.5 Å². The smallest absolute Gasteiger partial charge is 0.318 e. The molecule has 1 unspecified atom stereocenters. The molecule has 0 saturated carbocycles. The fourth-order valence-corrected chi connectivity index (χ4v) is 2.80. The van der Waals surface area contributed by atoms with Gasteiger partial charge in [0.2, 0.25) is 0 Å². The number of amides is 2. The Balaban J connectivity index is 1.71. The Morgan fingerprint density at radius 1 is 1.28 bits per heavy atom. The fourth-order valence-electron chi connectivity index (χ4n) is 2.39. The molecule has 5 heteroatoms. The number of hydrogen-bond acceptors (Lipinski definition) is 3. The lowest BCUT2D eigenvalue weighted by Crippen LogP contribution is -2.57. The van der Waals surface area contributed by atoms with Gasteiger partial charge in [-0.3, -0.25) is 0 Å². The molecular formula is C13H17N3OS. The van der Waals surface area contributed by atoms with E-state index in [1.807, 2.05) is 4.90 Å². The van der Waals surface area contributed by atoms with Crippen LogP contribution in [0.1, 0.15) is 11.6 Å². The highest BCUT2D eigenvalue weighted by molar-refractivity contribution is 7.98. The number of thioether (sulfide) groups is 1. The number of carbonyl (C=O) groups excluding carboxylic acids is 1. The number of carbonyl (C=O) groups is 1. The number of rotatable bonds is 3. The molecule has 0 spiro atoms. The van der Waals surface area contributed by atoms with Gasteiger partial charge in [-0.25, -0.2) is 4.79 Å². The van der Waals surface area contributed by atoms with E-state index >= 15 is 0 Å². The van der Waals surface area contributed by atoms with Gasteiger partial charge in [-0.1, -0.05) is 12.1 Å².